The number of carbonyl (C=O) groups is 1. The Morgan fingerprint density at radius 3 is 2.45 bits per heavy atom. The van der Waals surface area contributed by atoms with Crippen molar-refractivity contribution >= 4 is 29.1 Å². The summed E-state index contributed by atoms with van der Waals surface area (Å²) in [6.45, 7) is 2.20. The van der Waals surface area contributed by atoms with Crippen LogP contribution in [-0.4, -0.2) is 56.3 Å². The molecule has 0 radical (unpaired) electrons. The van der Waals surface area contributed by atoms with E-state index in [1.807, 2.05) is 4.90 Å². The monoisotopic (exact) mass is 424 g/mol. The van der Waals surface area contributed by atoms with Crippen molar-refractivity contribution in [3.63, 3.8) is 0 Å². The van der Waals surface area contributed by atoms with Gasteiger partial charge in [0, 0.05) is 51.0 Å². The highest BCUT2D eigenvalue weighted by Gasteiger charge is 2.32. The summed E-state index contributed by atoms with van der Waals surface area (Å²) in [6, 6.07) is 2.57. The van der Waals surface area contributed by atoms with Crippen LogP contribution in [0.5, 0.6) is 0 Å². The lowest BCUT2D eigenvalue weighted by molar-refractivity contribution is -0.138. The molecule has 11 heteroatoms. The van der Waals surface area contributed by atoms with Gasteiger partial charge in [-0.3, -0.25) is 4.79 Å². The largest absolute Gasteiger partial charge is 0.417 e. The third-order valence-electron chi connectivity index (χ3n) is 4.68. The van der Waals surface area contributed by atoms with Gasteiger partial charge in [0.25, 0.3) is 0 Å². The number of hydrogen-bond acceptors (Lipinski definition) is 5. The van der Waals surface area contributed by atoms with Crippen LogP contribution in [0.3, 0.4) is 0 Å². The Morgan fingerprint density at radius 2 is 1.79 bits per heavy atom. The van der Waals surface area contributed by atoms with E-state index in [2.05, 4.69) is 15.0 Å². The van der Waals surface area contributed by atoms with E-state index < -0.39 is 11.7 Å². The molecule has 29 heavy (non-hydrogen) atoms. The van der Waals surface area contributed by atoms with Gasteiger partial charge in [0.15, 0.2) is 5.65 Å². The number of hydrogen-bond donors (Lipinski definition) is 0. The number of pyridine rings is 1. The maximum atomic E-state index is 12.9. The maximum Gasteiger partial charge on any atom is 0.417 e. The van der Waals surface area contributed by atoms with Crippen molar-refractivity contribution in [2.45, 2.75) is 12.6 Å². The standard InChI is InChI=1S/C18H16ClF3N6O/c19-14-8-12(18(20,21)22)10-28-11-13(25-16(14)28)9-15(29)26-4-6-27(7-5-26)17-23-2-1-3-24-17/h1-3,8,10-11H,4-7,9H2. The summed E-state index contributed by atoms with van der Waals surface area (Å²) < 4.78 is 40.0. The van der Waals surface area contributed by atoms with E-state index in [1.54, 1.807) is 23.4 Å². The van der Waals surface area contributed by atoms with Crippen LogP contribution in [0.4, 0.5) is 19.1 Å². The van der Waals surface area contributed by atoms with Crippen molar-refractivity contribution in [2.75, 3.05) is 31.1 Å². The highest BCUT2D eigenvalue weighted by Crippen LogP contribution is 2.32. The molecule has 0 aliphatic carbocycles. The van der Waals surface area contributed by atoms with Crippen LogP contribution >= 0.6 is 11.6 Å². The Balaban J connectivity index is 1.44. The number of imidazole rings is 1. The molecule has 0 bridgehead atoms. The maximum absolute atomic E-state index is 12.9. The second-order valence-electron chi connectivity index (χ2n) is 6.63. The van der Waals surface area contributed by atoms with Crippen molar-refractivity contribution in [1.82, 2.24) is 24.3 Å². The molecule has 152 valence electrons. The Morgan fingerprint density at radius 1 is 1.10 bits per heavy atom. The van der Waals surface area contributed by atoms with Gasteiger partial charge in [0.2, 0.25) is 11.9 Å². The first kappa shape index (κ1) is 19.4. The zero-order valence-electron chi connectivity index (χ0n) is 15.1. The number of fused-ring (bicyclic) bond motifs is 1. The second-order valence-corrected chi connectivity index (χ2v) is 7.04. The van der Waals surface area contributed by atoms with Gasteiger partial charge < -0.3 is 14.2 Å². The van der Waals surface area contributed by atoms with E-state index in [1.165, 1.54) is 10.6 Å². The average molecular weight is 425 g/mol. The van der Waals surface area contributed by atoms with Gasteiger partial charge in [-0.15, -0.1) is 0 Å². The summed E-state index contributed by atoms with van der Waals surface area (Å²) in [5.41, 5.74) is -0.317. The lowest BCUT2D eigenvalue weighted by Crippen LogP contribution is -2.49. The Labute approximate surface area is 168 Å². The van der Waals surface area contributed by atoms with Gasteiger partial charge in [-0.25, -0.2) is 15.0 Å². The molecule has 3 aromatic rings. The molecule has 0 aromatic carbocycles. The SMILES string of the molecule is O=C(Cc1cn2cc(C(F)(F)F)cc(Cl)c2n1)N1CCN(c2ncccn2)CC1. The molecule has 0 N–H and O–H groups in total. The summed E-state index contributed by atoms with van der Waals surface area (Å²) in [5.74, 6) is 0.476. The van der Waals surface area contributed by atoms with Crippen LogP contribution in [0.2, 0.25) is 5.02 Å². The van der Waals surface area contributed by atoms with Crippen LogP contribution in [-0.2, 0) is 17.4 Å². The van der Waals surface area contributed by atoms with Crippen molar-refractivity contribution in [1.29, 1.82) is 0 Å². The molecule has 1 aliphatic heterocycles. The number of rotatable bonds is 3. The predicted molar refractivity (Wildman–Crippen MR) is 99.7 cm³/mol. The molecule has 1 fully saturated rings. The third kappa shape index (κ3) is 4.12. The average Bonchev–Trinajstić information content (AvgIpc) is 3.11. The summed E-state index contributed by atoms with van der Waals surface area (Å²) in [5, 5.41) is -0.116. The predicted octanol–water partition coefficient (Wildman–Crippen LogP) is 2.69. The van der Waals surface area contributed by atoms with Crippen molar-refractivity contribution < 1.29 is 18.0 Å². The number of anilines is 1. The molecule has 1 saturated heterocycles. The number of amides is 1. The zero-order valence-corrected chi connectivity index (χ0v) is 15.9. The quantitative estimate of drug-likeness (QED) is 0.646. The first-order valence-corrected chi connectivity index (χ1v) is 9.23. The van der Waals surface area contributed by atoms with Gasteiger partial charge in [-0.05, 0) is 12.1 Å². The van der Waals surface area contributed by atoms with Crippen molar-refractivity contribution in [3.05, 3.63) is 53.2 Å². The fourth-order valence-electron chi connectivity index (χ4n) is 3.22. The van der Waals surface area contributed by atoms with Gasteiger partial charge in [0.05, 0.1) is 22.7 Å². The molecular weight excluding hydrogens is 409 g/mol. The number of nitrogens with zero attached hydrogens (tertiary/aromatic N) is 6. The molecule has 4 heterocycles. The first-order chi connectivity index (χ1) is 13.8. The van der Waals surface area contributed by atoms with Gasteiger partial charge in [-0.2, -0.15) is 13.2 Å². The summed E-state index contributed by atoms with van der Waals surface area (Å²) in [7, 11) is 0. The van der Waals surface area contributed by atoms with E-state index in [0.29, 0.717) is 37.8 Å². The topological polar surface area (TPSA) is 66.6 Å². The molecule has 0 atom stereocenters. The van der Waals surface area contributed by atoms with Crippen LogP contribution in [0.25, 0.3) is 5.65 Å². The van der Waals surface area contributed by atoms with Crippen LogP contribution in [0.15, 0.2) is 36.9 Å². The van der Waals surface area contributed by atoms with Gasteiger partial charge in [-0.1, -0.05) is 11.6 Å². The lowest BCUT2D eigenvalue weighted by Gasteiger charge is -2.34. The zero-order chi connectivity index (χ0) is 20.6. The van der Waals surface area contributed by atoms with E-state index in [0.717, 1.165) is 12.3 Å². The third-order valence-corrected chi connectivity index (χ3v) is 4.96. The van der Waals surface area contributed by atoms with Gasteiger partial charge in [0.1, 0.15) is 0 Å². The van der Waals surface area contributed by atoms with Crippen molar-refractivity contribution in [2.24, 2.45) is 0 Å². The molecular formula is C18H16ClF3N6O. The van der Waals surface area contributed by atoms with E-state index in [-0.39, 0.29) is 23.0 Å². The normalized spacial score (nSPS) is 15.2. The second kappa shape index (κ2) is 7.51. The Kier molecular flexibility index (Phi) is 5.03. The van der Waals surface area contributed by atoms with E-state index in [4.69, 9.17) is 11.6 Å². The fourth-order valence-corrected chi connectivity index (χ4v) is 3.48. The van der Waals surface area contributed by atoms with Crippen molar-refractivity contribution in [3.8, 4) is 0 Å². The van der Waals surface area contributed by atoms with E-state index >= 15 is 0 Å². The molecule has 1 aliphatic rings. The number of alkyl halides is 3. The molecule has 0 unspecified atom stereocenters. The Hall–Kier alpha value is -2.88. The molecule has 1 amide bonds. The number of piperazine rings is 1. The molecule has 0 saturated carbocycles. The smallest absolute Gasteiger partial charge is 0.339 e. The molecule has 7 nitrogen and oxygen atoms in total. The summed E-state index contributed by atoms with van der Waals surface area (Å²) in [6.07, 6.45) is 1.13. The highest BCUT2D eigenvalue weighted by molar-refractivity contribution is 6.33. The summed E-state index contributed by atoms with van der Waals surface area (Å²) in [4.78, 5) is 28.9. The molecule has 0 spiro atoms. The minimum atomic E-state index is -4.51. The minimum absolute atomic E-state index is 0.0127. The highest BCUT2D eigenvalue weighted by atomic mass is 35.5. The molecule has 4 rings (SSSR count). The first-order valence-electron chi connectivity index (χ1n) is 8.85. The van der Waals surface area contributed by atoms with E-state index in [9.17, 15) is 18.0 Å². The number of halogens is 4. The number of carbonyl (C=O) groups excluding carboxylic acids is 1. The van der Waals surface area contributed by atoms with Gasteiger partial charge >= 0.3 is 6.18 Å². The minimum Gasteiger partial charge on any atom is -0.339 e. The van der Waals surface area contributed by atoms with Crippen LogP contribution < -0.4 is 4.90 Å². The van der Waals surface area contributed by atoms with Crippen LogP contribution in [0, 0.1) is 0 Å². The lowest BCUT2D eigenvalue weighted by atomic mass is 10.2. The Bertz CT molecular complexity index is 1030. The fraction of sp³-hybridized carbons (Fsp3) is 0.333. The number of aromatic nitrogens is 4. The molecule has 3 aromatic heterocycles. The summed E-state index contributed by atoms with van der Waals surface area (Å²) >= 11 is 5.95. The van der Waals surface area contributed by atoms with Crippen LogP contribution in [0.1, 0.15) is 11.3 Å².